The fourth-order valence-electron chi connectivity index (χ4n) is 2.34. The van der Waals surface area contributed by atoms with Gasteiger partial charge in [-0.3, -0.25) is 0 Å². The van der Waals surface area contributed by atoms with Crippen LogP contribution in [0.15, 0.2) is 52.5 Å². The summed E-state index contributed by atoms with van der Waals surface area (Å²) in [6, 6.07) is 12.6. The molecule has 1 N–H and O–H groups in total. The van der Waals surface area contributed by atoms with E-state index in [1.807, 2.05) is 39.0 Å². The van der Waals surface area contributed by atoms with Gasteiger partial charge in [0.2, 0.25) is 0 Å². The molecule has 0 heterocycles. The first-order valence-electron chi connectivity index (χ1n) is 7.00. The first-order valence-corrected chi connectivity index (χ1v) is 8.49. The van der Waals surface area contributed by atoms with Gasteiger partial charge in [0.05, 0.1) is 10.6 Å². The smallest absolute Gasteiger partial charge is 0.200 e. The molecular weight excluding hydrogens is 296 g/mol. The number of benzene rings is 2. The van der Waals surface area contributed by atoms with Crippen LogP contribution in [-0.2, 0) is 10.0 Å². The van der Waals surface area contributed by atoms with Crippen molar-refractivity contribution in [3.05, 3.63) is 64.7 Å². The molecule has 0 fully saturated rings. The first kappa shape index (κ1) is 16.2. The van der Waals surface area contributed by atoms with Crippen LogP contribution in [0.2, 0.25) is 0 Å². The van der Waals surface area contributed by atoms with Crippen LogP contribution in [0.25, 0.3) is 0 Å². The molecule has 5 heteroatoms. The molecule has 0 aliphatic heterocycles. The van der Waals surface area contributed by atoms with Gasteiger partial charge in [0.25, 0.3) is 10.0 Å². The highest BCUT2D eigenvalue weighted by Gasteiger charge is 2.13. The molecule has 0 bridgehead atoms. The van der Waals surface area contributed by atoms with Crippen LogP contribution < -0.4 is 4.83 Å². The lowest BCUT2D eigenvalue weighted by Crippen LogP contribution is -2.20. The summed E-state index contributed by atoms with van der Waals surface area (Å²) in [5.41, 5.74) is 4.75. The van der Waals surface area contributed by atoms with Crippen molar-refractivity contribution in [2.24, 2.45) is 5.10 Å². The van der Waals surface area contributed by atoms with Crippen LogP contribution in [0.5, 0.6) is 0 Å². The molecule has 0 saturated heterocycles. The van der Waals surface area contributed by atoms with Gasteiger partial charge in [0.15, 0.2) is 0 Å². The van der Waals surface area contributed by atoms with Gasteiger partial charge in [-0.15, -0.1) is 0 Å². The SMILES string of the molecule is C/C(=N/NS(=O)(=O)c1ccc(C)cc1)c1c(C)cccc1C. The molecule has 2 rings (SSSR count). The Labute approximate surface area is 131 Å². The second kappa shape index (κ2) is 6.32. The van der Waals surface area contributed by atoms with Crippen molar-refractivity contribution < 1.29 is 8.42 Å². The van der Waals surface area contributed by atoms with E-state index in [1.165, 1.54) is 0 Å². The Morgan fingerprint density at radius 3 is 2.05 bits per heavy atom. The Bertz CT molecular complexity index is 787. The second-order valence-corrected chi connectivity index (χ2v) is 7.03. The van der Waals surface area contributed by atoms with Gasteiger partial charge in [0.1, 0.15) is 0 Å². The summed E-state index contributed by atoms with van der Waals surface area (Å²) in [6.07, 6.45) is 0. The highest BCUT2D eigenvalue weighted by atomic mass is 32.2. The van der Waals surface area contributed by atoms with Crippen LogP contribution in [0, 0.1) is 20.8 Å². The number of hydrogen-bond donors (Lipinski definition) is 1. The van der Waals surface area contributed by atoms with Gasteiger partial charge in [-0.1, -0.05) is 35.9 Å². The molecule has 22 heavy (non-hydrogen) atoms. The quantitative estimate of drug-likeness (QED) is 0.695. The van der Waals surface area contributed by atoms with E-state index in [9.17, 15) is 8.42 Å². The molecule has 0 saturated carbocycles. The molecule has 0 aliphatic carbocycles. The molecule has 0 atom stereocenters. The molecule has 4 nitrogen and oxygen atoms in total. The van der Waals surface area contributed by atoms with Gasteiger partial charge in [-0.25, -0.2) is 0 Å². The third kappa shape index (κ3) is 3.54. The first-order chi connectivity index (χ1) is 10.3. The average Bonchev–Trinajstić information content (AvgIpc) is 2.45. The topological polar surface area (TPSA) is 58.5 Å². The van der Waals surface area contributed by atoms with Crippen LogP contribution >= 0.6 is 0 Å². The van der Waals surface area contributed by atoms with E-state index in [4.69, 9.17) is 0 Å². The number of rotatable bonds is 4. The minimum atomic E-state index is -3.64. The van der Waals surface area contributed by atoms with Crippen molar-refractivity contribution in [1.29, 1.82) is 0 Å². The Morgan fingerprint density at radius 2 is 1.50 bits per heavy atom. The Kier molecular flexibility index (Phi) is 4.66. The fraction of sp³-hybridized carbons (Fsp3) is 0.235. The number of aryl methyl sites for hydroxylation is 3. The van der Waals surface area contributed by atoms with E-state index in [2.05, 4.69) is 9.93 Å². The molecule has 0 unspecified atom stereocenters. The monoisotopic (exact) mass is 316 g/mol. The highest BCUT2D eigenvalue weighted by Crippen LogP contribution is 2.15. The van der Waals surface area contributed by atoms with Crippen molar-refractivity contribution in [3.63, 3.8) is 0 Å². The summed E-state index contributed by atoms with van der Waals surface area (Å²) >= 11 is 0. The molecule has 2 aromatic carbocycles. The average molecular weight is 316 g/mol. The molecule has 116 valence electrons. The lowest BCUT2D eigenvalue weighted by molar-refractivity contribution is 0.584. The zero-order valence-corrected chi connectivity index (χ0v) is 14.0. The maximum atomic E-state index is 12.2. The molecule has 0 aliphatic rings. The maximum Gasteiger partial charge on any atom is 0.276 e. The number of nitrogens with zero attached hydrogens (tertiary/aromatic N) is 1. The van der Waals surface area contributed by atoms with E-state index < -0.39 is 10.0 Å². The number of sulfonamides is 1. The van der Waals surface area contributed by atoms with Crippen LogP contribution in [-0.4, -0.2) is 14.1 Å². The zero-order valence-electron chi connectivity index (χ0n) is 13.2. The Balaban J connectivity index is 2.29. The fourth-order valence-corrected chi connectivity index (χ4v) is 3.20. The van der Waals surface area contributed by atoms with Crippen molar-refractivity contribution in [2.45, 2.75) is 32.6 Å². The van der Waals surface area contributed by atoms with Gasteiger partial charge < -0.3 is 0 Å². The van der Waals surface area contributed by atoms with Crippen LogP contribution in [0.1, 0.15) is 29.2 Å². The summed E-state index contributed by atoms with van der Waals surface area (Å²) in [7, 11) is -3.64. The third-order valence-corrected chi connectivity index (χ3v) is 4.73. The second-order valence-electron chi connectivity index (χ2n) is 5.37. The van der Waals surface area contributed by atoms with Crippen LogP contribution in [0.3, 0.4) is 0 Å². The molecule has 0 aromatic heterocycles. The van der Waals surface area contributed by atoms with Gasteiger partial charge in [0, 0.05) is 5.56 Å². The van der Waals surface area contributed by atoms with E-state index in [0.29, 0.717) is 5.71 Å². The predicted octanol–water partition coefficient (Wildman–Crippen LogP) is 3.31. The minimum absolute atomic E-state index is 0.205. The molecule has 0 radical (unpaired) electrons. The largest absolute Gasteiger partial charge is 0.276 e. The summed E-state index contributed by atoms with van der Waals surface area (Å²) in [5.74, 6) is 0. The lowest BCUT2D eigenvalue weighted by Gasteiger charge is -2.10. The Hall–Kier alpha value is -2.14. The van der Waals surface area contributed by atoms with E-state index in [-0.39, 0.29) is 4.90 Å². The highest BCUT2D eigenvalue weighted by molar-refractivity contribution is 7.89. The summed E-state index contributed by atoms with van der Waals surface area (Å²) in [6.45, 7) is 7.67. The van der Waals surface area contributed by atoms with Crippen molar-refractivity contribution in [3.8, 4) is 0 Å². The summed E-state index contributed by atoms with van der Waals surface area (Å²) in [5, 5.41) is 4.07. The van der Waals surface area contributed by atoms with E-state index in [1.54, 1.807) is 31.2 Å². The number of nitrogens with one attached hydrogen (secondary N) is 1. The minimum Gasteiger partial charge on any atom is -0.200 e. The summed E-state index contributed by atoms with van der Waals surface area (Å²) in [4.78, 5) is 2.51. The van der Waals surface area contributed by atoms with Crippen molar-refractivity contribution >= 4 is 15.7 Å². The maximum absolute atomic E-state index is 12.2. The standard InChI is InChI=1S/C17H20N2O2S/c1-12-8-10-16(11-9-12)22(20,21)19-18-15(4)17-13(2)6-5-7-14(17)3/h5-11,19H,1-4H3/b18-15-. The molecular formula is C17H20N2O2S. The van der Waals surface area contributed by atoms with E-state index in [0.717, 1.165) is 22.3 Å². The molecule has 0 spiro atoms. The molecule has 0 amide bonds. The summed E-state index contributed by atoms with van der Waals surface area (Å²) < 4.78 is 24.5. The molecule has 2 aromatic rings. The zero-order chi connectivity index (χ0) is 16.3. The van der Waals surface area contributed by atoms with Gasteiger partial charge in [-0.05, 0) is 51.0 Å². The normalized spacial score (nSPS) is 12.3. The lowest BCUT2D eigenvalue weighted by atomic mass is 10.00. The number of hydrazone groups is 1. The van der Waals surface area contributed by atoms with E-state index >= 15 is 0 Å². The Morgan fingerprint density at radius 1 is 0.955 bits per heavy atom. The third-order valence-electron chi connectivity index (χ3n) is 3.51. The predicted molar refractivity (Wildman–Crippen MR) is 89.6 cm³/mol. The van der Waals surface area contributed by atoms with Crippen LogP contribution in [0.4, 0.5) is 0 Å². The van der Waals surface area contributed by atoms with Crippen molar-refractivity contribution in [1.82, 2.24) is 4.83 Å². The number of hydrogen-bond acceptors (Lipinski definition) is 3. The van der Waals surface area contributed by atoms with Gasteiger partial charge >= 0.3 is 0 Å². The van der Waals surface area contributed by atoms with Gasteiger partial charge in [-0.2, -0.15) is 18.4 Å². The van der Waals surface area contributed by atoms with Crippen molar-refractivity contribution in [2.75, 3.05) is 0 Å².